The first-order chi connectivity index (χ1) is 5.77. The van der Waals surface area contributed by atoms with Gasteiger partial charge in [-0.2, -0.15) is 0 Å². The number of hydrogen-bond donors (Lipinski definition) is 0. The average molecular weight is 196 g/mol. The van der Waals surface area contributed by atoms with Crippen LogP contribution in [-0.4, -0.2) is 0 Å². The van der Waals surface area contributed by atoms with Crippen molar-refractivity contribution in [3.8, 4) is 0 Å². The van der Waals surface area contributed by atoms with Crippen LogP contribution in [0.2, 0.25) is 10.0 Å². The molecule has 0 nitrogen and oxygen atoms in total. The van der Waals surface area contributed by atoms with E-state index in [1.807, 2.05) is 30.3 Å². The predicted octanol–water partition coefficient (Wildman–Crippen LogP) is 3.95. The summed E-state index contributed by atoms with van der Waals surface area (Å²) in [6.07, 6.45) is 0. The van der Waals surface area contributed by atoms with Crippen molar-refractivity contribution in [2.75, 3.05) is 0 Å². The zero-order valence-corrected chi connectivity index (χ0v) is 7.65. The fraction of sp³-hybridized carbons (Fsp3) is 0. The van der Waals surface area contributed by atoms with Crippen molar-refractivity contribution in [2.45, 2.75) is 0 Å². The lowest BCUT2D eigenvalue weighted by Gasteiger charge is -1.98. The maximum Gasteiger partial charge on any atom is 0.0677 e. The molecule has 2 heteroatoms. The quantitative estimate of drug-likeness (QED) is 0.598. The zero-order valence-electron chi connectivity index (χ0n) is 6.14. The van der Waals surface area contributed by atoms with E-state index in [1.165, 1.54) is 0 Å². The van der Waals surface area contributed by atoms with Gasteiger partial charge in [0.1, 0.15) is 0 Å². The summed E-state index contributed by atoms with van der Waals surface area (Å²) >= 11 is 11.6. The van der Waals surface area contributed by atoms with Gasteiger partial charge in [-0.1, -0.05) is 47.5 Å². The molecule has 0 atom stereocenters. The van der Waals surface area contributed by atoms with Crippen LogP contribution >= 0.6 is 23.2 Å². The summed E-state index contributed by atoms with van der Waals surface area (Å²) in [5, 5.41) is 3.09. The Kier molecular flexibility index (Phi) is 1.95. The molecule has 0 heterocycles. The number of fused-ring (bicyclic) bond motifs is 1. The maximum atomic E-state index is 5.82. The molecule has 0 amide bonds. The van der Waals surface area contributed by atoms with Gasteiger partial charge < -0.3 is 0 Å². The van der Waals surface area contributed by atoms with Gasteiger partial charge in [0.2, 0.25) is 0 Å². The molecular formula is C10H5Cl2. The average Bonchev–Trinajstić information content (AvgIpc) is 2.07. The number of hydrogen-bond acceptors (Lipinski definition) is 0. The van der Waals surface area contributed by atoms with E-state index in [0.29, 0.717) is 10.0 Å². The standard InChI is InChI=1S/C10H5Cl2/c11-9-5-7-3-1-2-4-8(7)6-10(9)12/h1-5H. The van der Waals surface area contributed by atoms with Crippen molar-refractivity contribution in [1.29, 1.82) is 0 Å². The maximum absolute atomic E-state index is 5.82. The first-order valence-corrected chi connectivity index (χ1v) is 4.29. The molecule has 0 unspecified atom stereocenters. The Hall–Kier alpha value is -0.720. The summed E-state index contributed by atoms with van der Waals surface area (Å²) < 4.78 is 0. The second kappa shape index (κ2) is 2.96. The highest BCUT2D eigenvalue weighted by molar-refractivity contribution is 6.42. The van der Waals surface area contributed by atoms with Gasteiger partial charge >= 0.3 is 0 Å². The van der Waals surface area contributed by atoms with Crippen LogP contribution in [0.5, 0.6) is 0 Å². The Morgan fingerprint density at radius 3 is 2.67 bits per heavy atom. The largest absolute Gasteiger partial charge is 0.0827 e. The van der Waals surface area contributed by atoms with Crippen molar-refractivity contribution >= 4 is 34.0 Å². The fourth-order valence-electron chi connectivity index (χ4n) is 1.11. The zero-order chi connectivity index (χ0) is 8.55. The van der Waals surface area contributed by atoms with Crippen molar-refractivity contribution in [3.05, 3.63) is 46.4 Å². The molecule has 0 bridgehead atoms. The number of benzene rings is 2. The van der Waals surface area contributed by atoms with Gasteiger partial charge in [-0.05, 0) is 16.8 Å². The Bertz CT molecular complexity index is 381. The van der Waals surface area contributed by atoms with Gasteiger partial charge in [0.15, 0.2) is 0 Å². The van der Waals surface area contributed by atoms with Crippen LogP contribution in [0, 0.1) is 6.07 Å². The van der Waals surface area contributed by atoms with Crippen LogP contribution < -0.4 is 0 Å². The Labute approximate surface area is 80.7 Å². The van der Waals surface area contributed by atoms with Gasteiger partial charge in [0.25, 0.3) is 0 Å². The van der Waals surface area contributed by atoms with Crippen molar-refractivity contribution in [3.63, 3.8) is 0 Å². The first kappa shape index (κ1) is 7.90. The number of halogens is 2. The summed E-state index contributed by atoms with van der Waals surface area (Å²) in [4.78, 5) is 0. The second-order valence-electron chi connectivity index (χ2n) is 2.52. The molecule has 2 rings (SSSR count). The minimum atomic E-state index is 0.482. The van der Waals surface area contributed by atoms with E-state index in [2.05, 4.69) is 6.07 Å². The van der Waals surface area contributed by atoms with Crippen LogP contribution in [0.25, 0.3) is 10.8 Å². The summed E-state index contributed by atoms with van der Waals surface area (Å²) in [5.41, 5.74) is 0. The SMILES string of the molecule is Clc1[c]c2ccccc2cc1Cl. The molecular weight excluding hydrogens is 191 g/mol. The van der Waals surface area contributed by atoms with E-state index < -0.39 is 0 Å². The number of rotatable bonds is 0. The third-order valence-corrected chi connectivity index (χ3v) is 2.39. The van der Waals surface area contributed by atoms with Crippen LogP contribution in [-0.2, 0) is 0 Å². The summed E-state index contributed by atoms with van der Waals surface area (Å²) in [7, 11) is 0. The summed E-state index contributed by atoms with van der Waals surface area (Å²) in [6, 6.07) is 12.7. The van der Waals surface area contributed by atoms with Gasteiger partial charge in [-0.25, -0.2) is 0 Å². The van der Waals surface area contributed by atoms with E-state index in [1.54, 1.807) is 0 Å². The molecule has 0 aliphatic carbocycles. The molecule has 0 fully saturated rings. The smallest absolute Gasteiger partial charge is 0.0677 e. The van der Waals surface area contributed by atoms with Gasteiger partial charge in [-0.15, -0.1) is 0 Å². The fourth-order valence-corrected chi connectivity index (χ4v) is 1.44. The third kappa shape index (κ3) is 1.28. The van der Waals surface area contributed by atoms with E-state index >= 15 is 0 Å². The molecule has 12 heavy (non-hydrogen) atoms. The molecule has 1 radical (unpaired) electrons. The molecule has 0 spiro atoms. The first-order valence-electron chi connectivity index (χ1n) is 3.53. The normalized spacial score (nSPS) is 10.5. The highest BCUT2D eigenvalue weighted by atomic mass is 35.5. The highest BCUT2D eigenvalue weighted by Gasteiger charge is 1.99. The minimum Gasteiger partial charge on any atom is -0.0827 e. The van der Waals surface area contributed by atoms with E-state index in [-0.39, 0.29) is 0 Å². The van der Waals surface area contributed by atoms with Crippen molar-refractivity contribution < 1.29 is 0 Å². The van der Waals surface area contributed by atoms with Gasteiger partial charge in [0.05, 0.1) is 10.0 Å². The van der Waals surface area contributed by atoms with Crippen LogP contribution in [0.1, 0.15) is 0 Å². The van der Waals surface area contributed by atoms with Crippen LogP contribution in [0.3, 0.4) is 0 Å². The van der Waals surface area contributed by atoms with E-state index in [0.717, 1.165) is 10.8 Å². The Morgan fingerprint density at radius 2 is 1.83 bits per heavy atom. The van der Waals surface area contributed by atoms with Crippen molar-refractivity contribution in [2.24, 2.45) is 0 Å². The molecule has 0 N–H and O–H groups in total. The highest BCUT2D eigenvalue weighted by Crippen LogP contribution is 2.26. The predicted molar refractivity (Wildman–Crippen MR) is 52.8 cm³/mol. The van der Waals surface area contributed by atoms with E-state index in [4.69, 9.17) is 23.2 Å². The van der Waals surface area contributed by atoms with Gasteiger partial charge in [0, 0.05) is 6.07 Å². The lowest BCUT2D eigenvalue weighted by molar-refractivity contribution is 1.73. The molecule has 2 aromatic rings. The van der Waals surface area contributed by atoms with Crippen LogP contribution in [0.4, 0.5) is 0 Å². The molecule has 0 aromatic heterocycles. The Balaban J connectivity index is 2.84. The Morgan fingerprint density at radius 1 is 1.08 bits per heavy atom. The lowest BCUT2D eigenvalue weighted by atomic mass is 10.1. The molecule has 0 aliphatic rings. The second-order valence-corrected chi connectivity index (χ2v) is 3.30. The molecule has 59 valence electrons. The molecule has 0 saturated carbocycles. The van der Waals surface area contributed by atoms with E-state index in [9.17, 15) is 0 Å². The summed E-state index contributed by atoms with van der Waals surface area (Å²) in [6.45, 7) is 0. The minimum absolute atomic E-state index is 0.482. The van der Waals surface area contributed by atoms with Crippen LogP contribution in [0.15, 0.2) is 30.3 Å². The third-order valence-electron chi connectivity index (χ3n) is 1.70. The molecule has 0 aliphatic heterocycles. The van der Waals surface area contributed by atoms with Crippen molar-refractivity contribution in [1.82, 2.24) is 0 Å². The lowest BCUT2D eigenvalue weighted by Crippen LogP contribution is -1.73. The van der Waals surface area contributed by atoms with Gasteiger partial charge in [-0.3, -0.25) is 0 Å². The summed E-state index contributed by atoms with van der Waals surface area (Å²) in [5.74, 6) is 0. The monoisotopic (exact) mass is 195 g/mol. The topological polar surface area (TPSA) is 0 Å². The molecule has 2 aromatic carbocycles. The molecule has 0 saturated heterocycles.